The molecule has 0 bridgehead atoms. The Morgan fingerprint density at radius 3 is 0.800 bits per heavy atom. The molecule has 11 nitrogen and oxygen atoms in total. The van der Waals surface area contributed by atoms with Crippen molar-refractivity contribution in [3.8, 4) is 57.5 Å². The highest BCUT2D eigenvalue weighted by Gasteiger charge is 2.98. The molecule has 1 atom stereocenters. The van der Waals surface area contributed by atoms with Crippen LogP contribution in [-0.4, -0.2) is 33.9 Å². The lowest BCUT2D eigenvalue weighted by Gasteiger charge is -2.66. The summed E-state index contributed by atoms with van der Waals surface area (Å²) in [5, 5.41) is 1.46. The van der Waals surface area contributed by atoms with Crippen LogP contribution in [0.25, 0.3) is 0 Å². The van der Waals surface area contributed by atoms with E-state index in [-0.39, 0.29) is 45.9 Å². The van der Waals surface area contributed by atoms with Crippen molar-refractivity contribution in [2.24, 2.45) is 0 Å². The first-order valence-electron chi connectivity index (χ1n) is 26.1. The Labute approximate surface area is 464 Å². The molecule has 0 radical (unpaired) electrons. The molecule has 1 aliphatic heterocycles. The molecular weight excluding hydrogens is 1000 g/mol. The summed E-state index contributed by atoms with van der Waals surface area (Å²) >= 11 is 0. The SMILES string of the molecule is C1=CC(Oc2ccccc2)(Oc2ccccc2)C2(Oc3ccccc3)C(=C1)N(Oc1ccccc1)C(Oc1ccccc1)(Oc1ccccc1)C(Oc1ccccc1)(Oc1ccccc1)C2(Oc1ccccc1)Oc1ccccc1. The number of hydroxylamine groups is 2. The molecule has 0 saturated carbocycles. The second-order valence-electron chi connectivity index (χ2n) is 18.5. The summed E-state index contributed by atoms with van der Waals surface area (Å²) in [4.78, 5) is 7.59. The van der Waals surface area contributed by atoms with Gasteiger partial charge < -0.3 is 47.5 Å². The van der Waals surface area contributed by atoms with Crippen molar-refractivity contribution in [1.29, 1.82) is 0 Å². The fraction of sp³-hybridized carbons (Fsp3) is 0.0725. The quantitative estimate of drug-likeness (QED) is 0.0683. The molecule has 11 heteroatoms. The lowest BCUT2D eigenvalue weighted by Crippen LogP contribution is -2.98. The van der Waals surface area contributed by atoms with E-state index in [9.17, 15) is 0 Å². The van der Waals surface area contributed by atoms with Gasteiger partial charge in [0.15, 0.2) is 5.75 Å². The van der Waals surface area contributed by atoms with E-state index in [0.29, 0.717) is 17.2 Å². The van der Waals surface area contributed by atoms with Crippen molar-refractivity contribution in [1.82, 2.24) is 5.06 Å². The number of nitrogens with zero attached hydrogens (tertiary/aromatic N) is 1. The third-order valence-electron chi connectivity index (χ3n) is 13.2. The van der Waals surface area contributed by atoms with Gasteiger partial charge in [0.2, 0.25) is 0 Å². The first kappa shape index (κ1) is 50.3. The van der Waals surface area contributed by atoms with E-state index in [1.165, 1.54) is 5.06 Å². The van der Waals surface area contributed by atoms with Gasteiger partial charge in [-0.15, -0.1) is 5.06 Å². The van der Waals surface area contributed by atoms with Gasteiger partial charge in [-0.25, -0.2) is 0 Å². The minimum absolute atomic E-state index is 0.0854. The van der Waals surface area contributed by atoms with E-state index in [4.69, 9.17) is 47.5 Å². The summed E-state index contributed by atoms with van der Waals surface area (Å²) in [6, 6.07) is 92.0. The van der Waals surface area contributed by atoms with Crippen molar-refractivity contribution < 1.29 is 47.5 Å². The number of piperidine rings is 1. The summed E-state index contributed by atoms with van der Waals surface area (Å²) in [6.45, 7) is 0. The number of fused-ring (bicyclic) bond motifs is 1. The normalized spacial score (nSPS) is 16.9. The summed E-state index contributed by atoms with van der Waals surface area (Å²) in [5.41, 5.74) is -2.47. The molecule has 1 heterocycles. The van der Waals surface area contributed by atoms with Gasteiger partial charge in [-0.3, -0.25) is 0 Å². The van der Waals surface area contributed by atoms with Crippen LogP contribution in [0.1, 0.15) is 0 Å². The third kappa shape index (κ3) is 9.47. The maximum absolute atomic E-state index is 8.15. The predicted molar refractivity (Wildman–Crippen MR) is 303 cm³/mol. The van der Waals surface area contributed by atoms with Crippen molar-refractivity contribution in [2.75, 3.05) is 0 Å². The lowest BCUT2D eigenvalue weighted by molar-refractivity contribution is -0.513. The van der Waals surface area contributed by atoms with Crippen LogP contribution in [0.2, 0.25) is 0 Å². The summed E-state index contributed by atoms with van der Waals surface area (Å²) in [6.07, 6.45) is 5.36. The van der Waals surface area contributed by atoms with Crippen LogP contribution < -0.4 is 47.5 Å². The van der Waals surface area contributed by atoms with Crippen molar-refractivity contribution in [2.45, 2.75) is 28.9 Å². The van der Waals surface area contributed by atoms with Crippen LogP contribution in [-0.2, 0) is 0 Å². The van der Waals surface area contributed by atoms with Gasteiger partial charge in [0.05, 0.1) is 0 Å². The third-order valence-corrected chi connectivity index (χ3v) is 13.2. The first-order chi connectivity index (χ1) is 39.5. The van der Waals surface area contributed by atoms with E-state index in [1.54, 1.807) is 91.0 Å². The molecule has 0 spiro atoms. The van der Waals surface area contributed by atoms with Gasteiger partial charge in [0.1, 0.15) is 57.4 Å². The van der Waals surface area contributed by atoms with Gasteiger partial charge in [-0.2, -0.15) is 0 Å². The van der Waals surface area contributed by atoms with E-state index in [0.717, 1.165) is 0 Å². The molecule has 10 aromatic carbocycles. The molecule has 80 heavy (non-hydrogen) atoms. The van der Waals surface area contributed by atoms with E-state index < -0.39 is 28.9 Å². The Balaban J connectivity index is 1.36. The second kappa shape index (κ2) is 22.2. The molecule has 1 aliphatic carbocycles. The largest absolute Gasteiger partial charge is 0.464 e. The Hall–Kier alpha value is -10.5. The highest BCUT2D eigenvalue weighted by molar-refractivity contribution is 5.52. The zero-order chi connectivity index (χ0) is 54.0. The Morgan fingerprint density at radius 1 is 0.237 bits per heavy atom. The average Bonchev–Trinajstić information content (AvgIpc) is 0.881. The van der Waals surface area contributed by atoms with E-state index in [1.807, 2.05) is 231 Å². The van der Waals surface area contributed by atoms with Gasteiger partial charge in [0.25, 0.3) is 0 Å². The topological polar surface area (TPSA) is 95.5 Å². The number of benzene rings is 10. The number of allylic oxidation sites excluding steroid dienone is 2. The minimum atomic E-state index is -2.89. The van der Waals surface area contributed by atoms with Gasteiger partial charge in [0, 0.05) is 6.08 Å². The minimum Gasteiger partial charge on any atom is -0.464 e. The summed E-state index contributed by atoms with van der Waals surface area (Å²) < 4.78 is 71.6. The Morgan fingerprint density at radius 2 is 0.487 bits per heavy atom. The molecule has 0 aromatic heterocycles. The average molecular weight is 1060 g/mol. The van der Waals surface area contributed by atoms with Crippen LogP contribution >= 0.6 is 0 Å². The number of para-hydroxylation sites is 10. The van der Waals surface area contributed by atoms with Crippen LogP contribution in [0.5, 0.6) is 57.5 Å². The zero-order valence-electron chi connectivity index (χ0n) is 43.1. The lowest BCUT2D eigenvalue weighted by atomic mass is 9.68. The molecule has 12 rings (SSSR count). The monoisotopic (exact) mass is 1060 g/mol. The standard InChI is InChI=1S/C69H53NO10/c1-11-32-54(33-12-1)71-65(72-55-34-13-2-14-35-55)53-31-52-64-66(65,73-56-36-15-3-16-37-56)67(74-57-38-17-4-18-39-57,75-58-40-19-5-20-41-58)68(76-59-42-21-6-22-43-59,77-60-44-23-7-24-45-60)69(78-61-46-25-8-26-47-61,79-62-48-27-9-28-49-62)70(64)80-63-50-29-10-30-51-63/h1-53H. The number of hydrogen-bond acceptors (Lipinski definition) is 11. The Bertz CT molecular complexity index is 3440. The second-order valence-corrected chi connectivity index (χ2v) is 18.5. The predicted octanol–water partition coefficient (Wildman–Crippen LogP) is 14.9. The fourth-order valence-corrected chi connectivity index (χ4v) is 9.87. The molecule has 0 N–H and O–H groups in total. The molecule has 0 amide bonds. The van der Waals surface area contributed by atoms with Crippen LogP contribution in [0.4, 0.5) is 0 Å². The van der Waals surface area contributed by atoms with E-state index in [2.05, 4.69) is 0 Å². The van der Waals surface area contributed by atoms with Crippen LogP contribution in [0.15, 0.2) is 327 Å². The number of ether oxygens (including phenoxy) is 9. The van der Waals surface area contributed by atoms with Crippen LogP contribution in [0.3, 0.4) is 0 Å². The number of rotatable bonds is 20. The van der Waals surface area contributed by atoms with Gasteiger partial charge in [-0.05, 0) is 127 Å². The summed E-state index contributed by atoms with van der Waals surface area (Å²) in [5.74, 6) is -8.00. The highest BCUT2D eigenvalue weighted by atomic mass is 16.9. The van der Waals surface area contributed by atoms with Crippen molar-refractivity contribution in [3.63, 3.8) is 0 Å². The molecule has 394 valence electrons. The van der Waals surface area contributed by atoms with Crippen molar-refractivity contribution >= 4 is 0 Å². The maximum Gasteiger partial charge on any atom is 0.460 e. The van der Waals surface area contributed by atoms with E-state index >= 15 is 0 Å². The first-order valence-corrected chi connectivity index (χ1v) is 26.1. The highest BCUT2D eigenvalue weighted by Crippen LogP contribution is 2.64. The van der Waals surface area contributed by atoms with Crippen molar-refractivity contribution in [3.05, 3.63) is 327 Å². The van der Waals surface area contributed by atoms with Gasteiger partial charge >= 0.3 is 28.9 Å². The molecule has 2 aliphatic rings. The smallest absolute Gasteiger partial charge is 0.460 e. The fourth-order valence-electron chi connectivity index (χ4n) is 9.87. The maximum atomic E-state index is 8.15. The molecule has 10 aromatic rings. The molecule has 1 unspecified atom stereocenters. The zero-order valence-corrected chi connectivity index (χ0v) is 43.1. The number of hydrogen-bond donors (Lipinski definition) is 0. The summed E-state index contributed by atoms with van der Waals surface area (Å²) in [7, 11) is 0. The molecule has 1 fully saturated rings. The van der Waals surface area contributed by atoms with Crippen LogP contribution in [0, 0.1) is 0 Å². The molecular formula is C69H53NO10. The Kier molecular flexibility index (Phi) is 14.0. The molecule has 1 saturated heterocycles. The van der Waals surface area contributed by atoms with Gasteiger partial charge in [-0.1, -0.05) is 188 Å².